The Balaban J connectivity index is 1.68. The lowest BCUT2D eigenvalue weighted by molar-refractivity contribution is -0.254. The molecule has 3 rings (SSSR count). The van der Waals surface area contributed by atoms with Gasteiger partial charge in [0.15, 0.2) is 18.5 Å². The molecule has 4 N–H and O–H groups in total. The molecule has 1 amide bonds. The molecule has 2 unspecified atom stereocenters. The molecule has 13 nitrogen and oxygen atoms in total. The van der Waals surface area contributed by atoms with E-state index in [0.29, 0.717) is 32.1 Å². The van der Waals surface area contributed by atoms with Gasteiger partial charge < -0.3 is 29.7 Å². The van der Waals surface area contributed by atoms with Crippen LogP contribution in [-0.2, 0) is 56.0 Å². The SMILES string of the molecule is CCCCCCCCCCCCC(OC(=O)CCCCc1ccccc1)C(=O)N[C@H]1C(O)O[C@H](CO)[C@@H](OS(=O)(=O)O)[C@@H]1OC(=O)CCCCc1ccccc1. The van der Waals surface area contributed by atoms with Gasteiger partial charge in [0.25, 0.3) is 5.91 Å². The summed E-state index contributed by atoms with van der Waals surface area (Å²) in [7, 11) is -5.19. The number of hydrogen-bond acceptors (Lipinski definition) is 11. The van der Waals surface area contributed by atoms with E-state index in [1.165, 1.54) is 32.1 Å². The maximum absolute atomic E-state index is 13.9. The molecule has 1 saturated heterocycles. The van der Waals surface area contributed by atoms with Gasteiger partial charge in [-0.3, -0.25) is 18.9 Å². The third kappa shape index (κ3) is 18.7. The van der Waals surface area contributed by atoms with E-state index in [9.17, 15) is 37.6 Å². The first-order valence-corrected chi connectivity index (χ1v) is 21.7. The zero-order valence-electron chi connectivity index (χ0n) is 32.8. The Morgan fingerprint density at radius 2 is 1.25 bits per heavy atom. The molecule has 1 aliphatic rings. The molecule has 2 aromatic carbocycles. The summed E-state index contributed by atoms with van der Waals surface area (Å²) in [6.45, 7) is 1.30. The molecule has 2 aromatic rings. The minimum absolute atomic E-state index is 0.0801. The van der Waals surface area contributed by atoms with Crippen LogP contribution in [0.4, 0.5) is 0 Å². The zero-order valence-corrected chi connectivity index (χ0v) is 33.6. The summed E-state index contributed by atoms with van der Waals surface area (Å²) >= 11 is 0. The number of hydrogen-bond donors (Lipinski definition) is 4. The van der Waals surface area contributed by atoms with Crippen LogP contribution in [0.1, 0.15) is 127 Å². The van der Waals surface area contributed by atoms with Gasteiger partial charge in [0, 0.05) is 12.8 Å². The van der Waals surface area contributed by atoms with Crippen molar-refractivity contribution in [3.8, 4) is 0 Å². The monoisotopic (exact) mass is 805 g/mol. The number of nitrogens with one attached hydrogen (secondary N) is 1. The van der Waals surface area contributed by atoms with Gasteiger partial charge in [-0.05, 0) is 62.5 Å². The van der Waals surface area contributed by atoms with Crippen molar-refractivity contribution in [1.82, 2.24) is 5.32 Å². The van der Waals surface area contributed by atoms with E-state index in [-0.39, 0.29) is 19.3 Å². The largest absolute Gasteiger partial charge is 0.457 e. The van der Waals surface area contributed by atoms with Crippen LogP contribution >= 0.6 is 0 Å². The normalized spacial score (nSPS) is 20.2. The molecule has 14 heteroatoms. The van der Waals surface area contributed by atoms with E-state index in [1.807, 2.05) is 60.7 Å². The first-order chi connectivity index (χ1) is 27.0. The maximum Gasteiger partial charge on any atom is 0.397 e. The second-order valence-corrected chi connectivity index (χ2v) is 15.6. The number of unbranched alkanes of at least 4 members (excludes halogenated alkanes) is 11. The lowest BCUT2D eigenvalue weighted by Crippen LogP contribution is -2.67. The molecule has 0 aliphatic carbocycles. The minimum Gasteiger partial charge on any atom is -0.457 e. The Morgan fingerprint density at radius 3 is 1.77 bits per heavy atom. The Labute approximate surface area is 332 Å². The van der Waals surface area contributed by atoms with Gasteiger partial charge >= 0.3 is 22.3 Å². The van der Waals surface area contributed by atoms with Gasteiger partial charge in [-0.15, -0.1) is 0 Å². The second kappa shape index (κ2) is 26.5. The van der Waals surface area contributed by atoms with E-state index in [4.69, 9.17) is 18.4 Å². The lowest BCUT2D eigenvalue weighted by Gasteiger charge is -2.43. The number of benzene rings is 2. The third-order valence-corrected chi connectivity index (χ3v) is 10.4. The minimum atomic E-state index is -5.19. The molecule has 1 fully saturated rings. The average molecular weight is 806 g/mol. The van der Waals surface area contributed by atoms with Crippen molar-refractivity contribution in [2.45, 2.75) is 166 Å². The van der Waals surface area contributed by atoms with Crippen LogP contribution in [0.25, 0.3) is 0 Å². The number of carbonyl (C=O) groups is 3. The summed E-state index contributed by atoms with van der Waals surface area (Å²) in [5.41, 5.74) is 2.23. The van der Waals surface area contributed by atoms with Crippen molar-refractivity contribution < 1.29 is 56.0 Å². The standard InChI is InChI=1S/C42H63NO12S/c1-2-3-4-5-6-7-8-9-10-17-28-34(52-36(45)29-20-18-26-32-22-13-11-14-23-32)41(47)43-38-40(39(55-56(49,50)51)35(31-44)53-42(38)48)54-37(46)30-21-19-27-33-24-15-12-16-25-33/h11-16,22-25,34-35,38-40,42,44,48H,2-10,17-21,26-31H2,1H3,(H,43,47)(H,49,50,51)/t34?,35-,38-,39-,40-,42?/m1/s1. The summed E-state index contributed by atoms with van der Waals surface area (Å²) in [4.78, 5) is 40.0. The highest BCUT2D eigenvalue weighted by atomic mass is 32.3. The van der Waals surface area contributed by atoms with Crippen molar-refractivity contribution in [2.75, 3.05) is 6.61 Å². The zero-order chi connectivity index (χ0) is 40.6. The van der Waals surface area contributed by atoms with Crippen molar-refractivity contribution in [3.05, 3.63) is 71.8 Å². The molecule has 0 bridgehead atoms. The Kier molecular flexibility index (Phi) is 22.2. The number of carbonyl (C=O) groups excluding carboxylic acids is 3. The summed E-state index contributed by atoms with van der Waals surface area (Å²) in [5.74, 6) is -2.18. The van der Waals surface area contributed by atoms with E-state index in [0.717, 1.165) is 49.7 Å². The van der Waals surface area contributed by atoms with E-state index >= 15 is 0 Å². The van der Waals surface area contributed by atoms with Gasteiger partial charge in [-0.25, -0.2) is 4.18 Å². The molecular weight excluding hydrogens is 743 g/mol. The number of rotatable bonds is 28. The molecule has 0 spiro atoms. The van der Waals surface area contributed by atoms with Crippen LogP contribution < -0.4 is 5.32 Å². The van der Waals surface area contributed by atoms with Gasteiger partial charge in [0.05, 0.1) is 6.61 Å². The van der Waals surface area contributed by atoms with Gasteiger partial charge in [0.2, 0.25) is 0 Å². The van der Waals surface area contributed by atoms with Gasteiger partial charge in [-0.2, -0.15) is 8.42 Å². The molecular formula is C42H63NO12S. The van der Waals surface area contributed by atoms with Crippen LogP contribution in [0.15, 0.2) is 60.7 Å². The predicted octanol–water partition coefficient (Wildman–Crippen LogP) is 6.33. The number of amides is 1. The Bertz CT molecular complexity index is 1510. The van der Waals surface area contributed by atoms with E-state index in [2.05, 4.69) is 12.2 Å². The van der Waals surface area contributed by atoms with E-state index in [1.54, 1.807) is 0 Å². The quantitative estimate of drug-likeness (QED) is 0.0425. The highest BCUT2D eigenvalue weighted by Crippen LogP contribution is 2.27. The van der Waals surface area contributed by atoms with Gasteiger partial charge in [0.1, 0.15) is 18.2 Å². The molecule has 314 valence electrons. The molecule has 0 radical (unpaired) electrons. The third-order valence-electron chi connectivity index (χ3n) is 9.92. The number of esters is 2. The predicted molar refractivity (Wildman–Crippen MR) is 211 cm³/mol. The Hall–Kier alpha value is -3.40. The summed E-state index contributed by atoms with van der Waals surface area (Å²) < 4.78 is 54.9. The van der Waals surface area contributed by atoms with Crippen LogP contribution in [-0.4, -0.2) is 84.4 Å². The van der Waals surface area contributed by atoms with Crippen molar-refractivity contribution in [3.63, 3.8) is 0 Å². The van der Waals surface area contributed by atoms with Crippen LogP contribution in [0, 0.1) is 0 Å². The summed E-state index contributed by atoms with van der Waals surface area (Å²) in [6.07, 6.45) is 6.24. The lowest BCUT2D eigenvalue weighted by atomic mass is 9.96. The molecule has 56 heavy (non-hydrogen) atoms. The fraction of sp³-hybridized carbons (Fsp3) is 0.643. The van der Waals surface area contributed by atoms with Crippen molar-refractivity contribution in [1.29, 1.82) is 0 Å². The van der Waals surface area contributed by atoms with Crippen molar-refractivity contribution >= 4 is 28.2 Å². The molecule has 6 atom stereocenters. The van der Waals surface area contributed by atoms with Crippen LogP contribution in [0.5, 0.6) is 0 Å². The average Bonchev–Trinajstić information content (AvgIpc) is 3.18. The summed E-state index contributed by atoms with van der Waals surface area (Å²) in [5, 5.41) is 23.5. The Morgan fingerprint density at radius 1 is 0.732 bits per heavy atom. The number of aliphatic hydroxyl groups excluding tert-OH is 2. The topological polar surface area (TPSA) is 195 Å². The molecule has 0 aromatic heterocycles. The van der Waals surface area contributed by atoms with Crippen LogP contribution in [0.2, 0.25) is 0 Å². The molecule has 0 saturated carbocycles. The summed E-state index contributed by atoms with van der Waals surface area (Å²) in [6, 6.07) is 17.9. The second-order valence-electron chi connectivity index (χ2n) is 14.6. The number of aryl methyl sites for hydroxylation is 2. The van der Waals surface area contributed by atoms with Crippen LogP contribution in [0.3, 0.4) is 0 Å². The molecule has 1 heterocycles. The molecule has 1 aliphatic heterocycles. The van der Waals surface area contributed by atoms with E-state index < -0.39 is 71.6 Å². The van der Waals surface area contributed by atoms with Crippen molar-refractivity contribution in [2.24, 2.45) is 0 Å². The highest BCUT2D eigenvalue weighted by Gasteiger charge is 2.51. The number of ether oxygens (including phenoxy) is 3. The fourth-order valence-corrected chi connectivity index (χ4v) is 7.36. The first kappa shape index (κ1) is 47.0. The van der Waals surface area contributed by atoms with Gasteiger partial charge in [-0.1, -0.05) is 125 Å². The number of aliphatic hydroxyl groups is 2. The maximum atomic E-state index is 13.9. The fourth-order valence-electron chi connectivity index (χ4n) is 6.85. The smallest absolute Gasteiger partial charge is 0.397 e. The first-order valence-electron chi connectivity index (χ1n) is 20.4. The highest BCUT2D eigenvalue weighted by molar-refractivity contribution is 7.80.